The normalized spacial score (nSPS) is 11.1. The number of ether oxygens (including phenoxy) is 2. The number of esters is 1. The van der Waals surface area contributed by atoms with Crippen LogP contribution >= 0.6 is 0 Å². The molecule has 4 N–H and O–H groups in total. The monoisotopic (exact) mass is 1810 g/mol. The van der Waals surface area contributed by atoms with Crippen molar-refractivity contribution in [2.75, 3.05) is 5.32 Å². The highest BCUT2D eigenvalue weighted by Crippen LogP contribution is 2.28. The van der Waals surface area contributed by atoms with E-state index in [4.69, 9.17) is 9.47 Å². The van der Waals surface area contributed by atoms with E-state index in [-0.39, 0.29) is 155 Å². The molecular formula is C98H113N21O14. The minimum atomic E-state index is -0.590. The summed E-state index contributed by atoms with van der Waals surface area (Å²) in [7, 11) is 0. The Hall–Kier alpha value is -15.6. The minimum absolute atomic E-state index is 0.0251. The average Bonchev–Trinajstić information content (AvgIpc) is 1.63. The van der Waals surface area contributed by atoms with E-state index in [1.54, 1.807) is 112 Å². The number of ketones is 3. The van der Waals surface area contributed by atoms with Crippen LogP contribution in [0.5, 0.6) is 11.6 Å². The fraction of sp³-hybridized carbons (Fsp3) is 0.327. The number of rotatable bonds is 23. The first-order valence-corrected chi connectivity index (χ1v) is 43.3. The molecule has 15 rings (SSSR count). The van der Waals surface area contributed by atoms with Crippen LogP contribution in [0.25, 0.3) is 33.5 Å². The number of hydrogen-bond acceptors (Lipinski definition) is 24. The van der Waals surface area contributed by atoms with Gasteiger partial charge in [-0.15, -0.1) is 0 Å². The highest BCUT2D eigenvalue weighted by molar-refractivity contribution is 5.99. The number of aryl methyl sites for hydroxylation is 2. The Balaban J connectivity index is 0.000000182. The summed E-state index contributed by atoms with van der Waals surface area (Å²) in [4.78, 5) is 189. The lowest BCUT2D eigenvalue weighted by atomic mass is 9.97. The third-order valence-corrected chi connectivity index (χ3v) is 20.1. The Morgan fingerprint density at radius 2 is 0.872 bits per heavy atom. The second-order valence-corrected chi connectivity index (χ2v) is 33.9. The number of nitrogens with zero attached hydrogens (tertiary/aromatic N) is 17. The van der Waals surface area contributed by atoms with Gasteiger partial charge in [0, 0.05) is 95.4 Å². The summed E-state index contributed by atoms with van der Waals surface area (Å²) >= 11 is 0. The molecule has 0 aliphatic carbocycles. The maximum atomic E-state index is 12.6. The van der Waals surface area contributed by atoms with E-state index in [0.29, 0.717) is 72.9 Å². The number of amides is 1. The van der Waals surface area contributed by atoms with Crippen molar-refractivity contribution < 1.29 is 33.4 Å². The molecule has 15 aromatic rings. The number of benzene rings is 5. The second kappa shape index (κ2) is 47.1. The van der Waals surface area contributed by atoms with E-state index in [0.717, 1.165) is 22.3 Å². The number of aromatic nitrogens is 20. The number of nitrogens with one attached hydrogen (secondary N) is 4. The Kier molecular flexibility index (Phi) is 35.8. The Labute approximate surface area is 766 Å². The summed E-state index contributed by atoms with van der Waals surface area (Å²) in [6.07, 6.45) is 15.2. The number of H-pyrrole nitrogens is 3. The molecule has 10 aromatic heterocycles. The molecule has 1 amide bonds. The van der Waals surface area contributed by atoms with Crippen molar-refractivity contribution in [1.29, 1.82) is 0 Å². The van der Waals surface area contributed by atoms with Gasteiger partial charge in [-0.05, 0) is 166 Å². The Morgan fingerprint density at radius 3 is 1.39 bits per heavy atom. The molecule has 0 spiro atoms. The third-order valence-electron chi connectivity index (χ3n) is 20.1. The predicted molar refractivity (Wildman–Crippen MR) is 509 cm³/mol. The molecule has 0 saturated carbocycles. The summed E-state index contributed by atoms with van der Waals surface area (Å²) in [5, 5.41) is 2.78. The molecule has 0 aliphatic heterocycles. The van der Waals surface area contributed by atoms with E-state index in [1.165, 1.54) is 38.6 Å². The zero-order valence-electron chi connectivity index (χ0n) is 78.1. The van der Waals surface area contributed by atoms with Crippen LogP contribution in [0.2, 0.25) is 0 Å². The van der Waals surface area contributed by atoms with Crippen LogP contribution in [0.1, 0.15) is 230 Å². The van der Waals surface area contributed by atoms with Crippen molar-refractivity contribution in [3.63, 3.8) is 0 Å². The van der Waals surface area contributed by atoms with Gasteiger partial charge in [-0.1, -0.05) is 133 Å². The van der Waals surface area contributed by atoms with Crippen molar-refractivity contribution in [3.8, 4) is 11.6 Å². The van der Waals surface area contributed by atoms with Crippen LogP contribution in [-0.4, -0.2) is 126 Å². The van der Waals surface area contributed by atoms with Crippen molar-refractivity contribution in [1.82, 2.24) is 96.8 Å². The standard InChI is InChI=1S/C28H31N5O4.C16H16N4O.C16H18N2O2.C15H16N2O2.C8H10N4O.C8H12N2O2.C7H10N2O2/c1-18(2)33-17-29-23-24(33)31-27(30-22(34)15-19-9-7-6-8-10-19)32-25(23)36-16-20-11-13-21(14-12-20)37-26(35)28(3,4)5;1-11(2)20-10-19-15-13(17-9-18-16(15)20)8-14(21)12-6-4-3-5-7-12;1-11(2)18-10-12(3)14(17-16(18)20)9-15(19)13-7-5-4-6-8-13;1-11(2)17-9-8-13(16-15(17)19)10-14(18)12-6-4-3-5-7-12;1-5(2)12-4-11-6-7(12)9-3-10-8(6)13;1-5(2)10-4-6(3)7(11)9-8(10)12;1-5(2)9-4-3-6(10)8-7(9)11/h6-14,17-18H,15-16H2,1-5H3,(H,30,31,32,34);3-7,9-11H,8H2,1-2H3;4-8,10-11H,9H2,1-3H3;3-9,11H,10H2,1-2H3;3-5H,1-2H3,(H,9,10,13);4-5H,1-3H3,(H,9,11,12);3-5H,1-2H3,(H,8,10,11). The second-order valence-electron chi connectivity index (χ2n) is 33.9. The Morgan fingerprint density at radius 1 is 0.406 bits per heavy atom. The summed E-state index contributed by atoms with van der Waals surface area (Å²) in [6, 6.07) is 47.8. The molecule has 35 nitrogen and oxygen atoms in total. The average molecular weight is 1810 g/mol. The SMILES string of the molecule is CC(C)n1ccc(=O)[nH]c1=O.CC(C)n1ccc(CC(=O)c2ccccc2)nc1=O.CC(C)n1cnc2c(=O)[nH]cnc21.CC(C)n1cnc2c(CC(=O)c3ccccc3)ncnc21.CC(C)n1cnc2c(OCc3ccc(OC(=O)C(C)(C)C)cc3)nc(NC(=O)Cc3ccccc3)nc21.Cc1cn(C(C)C)c(=O)[nH]c1=O.Cc1cn(C(C)C)c(=O)nc1CC(=O)c1ccccc1. The number of carbonyl (C=O) groups is 5. The molecule has 133 heavy (non-hydrogen) atoms. The Bertz CT molecular complexity index is 6940. The highest BCUT2D eigenvalue weighted by Gasteiger charge is 2.25. The van der Waals surface area contributed by atoms with Gasteiger partial charge < -0.3 is 28.2 Å². The number of anilines is 1. The first-order valence-electron chi connectivity index (χ1n) is 43.3. The van der Waals surface area contributed by atoms with Gasteiger partial charge in [0.2, 0.25) is 17.7 Å². The van der Waals surface area contributed by atoms with Crippen LogP contribution in [-0.2, 0) is 41.9 Å². The molecule has 0 unspecified atom stereocenters. The molecule has 0 aliphatic rings. The number of aromatic amines is 3. The zero-order chi connectivity index (χ0) is 97.1. The predicted octanol–water partition coefficient (Wildman–Crippen LogP) is 14.0. The van der Waals surface area contributed by atoms with Crippen LogP contribution in [0, 0.1) is 19.3 Å². The van der Waals surface area contributed by atoms with E-state index >= 15 is 0 Å². The zero-order valence-corrected chi connectivity index (χ0v) is 78.1. The van der Waals surface area contributed by atoms with Gasteiger partial charge in [-0.2, -0.15) is 19.9 Å². The van der Waals surface area contributed by atoms with Crippen molar-refractivity contribution >= 4 is 68.7 Å². The van der Waals surface area contributed by atoms with Gasteiger partial charge in [0.05, 0.1) is 73.5 Å². The number of carbonyl (C=O) groups excluding carboxylic acids is 5. The fourth-order valence-corrected chi connectivity index (χ4v) is 12.6. The maximum absolute atomic E-state index is 12.6. The first-order chi connectivity index (χ1) is 63.1. The molecule has 0 radical (unpaired) electrons. The minimum Gasteiger partial charge on any atom is -0.471 e. The topological polar surface area (TPSA) is 446 Å². The number of fused-ring (bicyclic) bond motifs is 3. The lowest BCUT2D eigenvalue weighted by molar-refractivity contribution is -0.143. The van der Waals surface area contributed by atoms with Gasteiger partial charge in [0.1, 0.15) is 24.2 Å². The van der Waals surface area contributed by atoms with E-state index < -0.39 is 5.41 Å². The molecule has 10 heterocycles. The van der Waals surface area contributed by atoms with Crippen LogP contribution in [0.15, 0.2) is 248 Å². The number of Topliss-reactive ketones (excluding diaryl/α,β-unsaturated/α-hetero) is 3. The molecule has 5 aromatic carbocycles. The van der Waals surface area contributed by atoms with E-state index in [9.17, 15) is 57.5 Å². The van der Waals surface area contributed by atoms with Gasteiger partial charge in [0.25, 0.3) is 16.7 Å². The molecule has 0 atom stereocenters. The van der Waals surface area contributed by atoms with E-state index in [2.05, 4.69) is 84.0 Å². The summed E-state index contributed by atoms with van der Waals surface area (Å²) in [5.41, 5.74) is 7.69. The summed E-state index contributed by atoms with van der Waals surface area (Å²) in [5.74, 6) is 0.326. The molecule has 0 fully saturated rings. The number of imidazole rings is 3. The van der Waals surface area contributed by atoms with Crippen molar-refractivity contribution in [2.45, 2.75) is 206 Å². The van der Waals surface area contributed by atoms with Crippen LogP contribution < -0.4 is 54.2 Å². The fourth-order valence-electron chi connectivity index (χ4n) is 12.6. The molecule has 694 valence electrons. The van der Waals surface area contributed by atoms with Gasteiger partial charge in [-0.25, -0.2) is 49.1 Å². The molecular weight excluding hydrogens is 1700 g/mol. The van der Waals surface area contributed by atoms with Gasteiger partial charge in [0.15, 0.2) is 45.3 Å². The molecule has 0 bridgehead atoms. The van der Waals surface area contributed by atoms with Crippen LogP contribution in [0.3, 0.4) is 0 Å². The van der Waals surface area contributed by atoms with Gasteiger partial charge >= 0.3 is 28.7 Å². The number of hydrogen-bond donors (Lipinski definition) is 4. The first kappa shape index (κ1) is 101. The lowest BCUT2D eigenvalue weighted by Crippen LogP contribution is -2.31. The van der Waals surface area contributed by atoms with Crippen molar-refractivity contribution in [2.24, 2.45) is 5.41 Å². The van der Waals surface area contributed by atoms with Crippen molar-refractivity contribution in [3.05, 3.63) is 343 Å². The van der Waals surface area contributed by atoms with E-state index in [1.807, 2.05) is 213 Å². The highest BCUT2D eigenvalue weighted by atomic mass is 16.5. The van der Waals surface area contributed by atoms with Crippen LogP contribution in [0.4, 0.5) is 5.95 Å². The largest absolute Gasteiger partial charge is 0.471 e. The molecule has 35 heteroatoms. The molecule has 0 saturated heterocycles. The summed E-state index contributed by atoms with van der Waals surface area (Å²) < 4.78 is 23.3. The third kappa shape index (κ3) is 28.7. The van der Waals surface area contributed by atoms with Gasteiger partial charge in [-0.3, -0.25) is 71.9 Å². The quantitative estimate of drug-likeness (QED) is 0.0262. The smallest absolute Gasteiger partial charge is 0.348 e. The maximum Gasteiger partial charge on any atom is 0.348 e. The summed E-state index contributed by atoms with van der Waals surface area (Å²) in [6.45, 7) is 36.6. The lowest BCUT2D eigenvalue weighted by Gasteiger charge is -2.16.